The van der Waals surface area contributed by atoms with Gasteiger partial charge in [-0.1, -0.05) is 90.2 Å². The van der Waals surface area contributed by atoms with Gasteiger partial charge in [0, 0.05) is 23.2 Å². The van der Waals surface area contributed by atoms with E-state index in [1.54, 1.807) is 13.0 Å². The predicted octanol–water partition coefficient (Wildman–Crippen LogP) is 6.93. The molecular formula is C27H20F3N3OS. The number of carbonyl (C=O) groups excluding carboxylic acids is 1. The second-order valence-electron chi connectivity index (χ2n) is 8.18. The van der Waals surface area contributed by atoms with E-state index in [1.165, 1.54) is 23.1 Å². The minimum atomic E-state index is -4.48. The van der Waals surface area contributed by atoms with Crippen molar-refractivity contribution in [3.63, 3.8) is 0 Å². The molecule has 1 aliphatic rings. The van der Waals surface area contributed by atoms with E-state index in [-0.39, 0.29) is 11.1 Å². The fourth-order valence-corrected chi connectivity index (χ4v) is 5.17. The molecule has 1 aliphatic heterocycles. The third-order valence-electron chi connectivity index (χ3n) is 5.88. The van der Waals surface area contributed by atoms with Crippen molar-refractivity contribution in [3.05, 3.63) is 113 Å². The summed E-state index contributed by atoms with van der Waals surface area (Å²) in [4.78, 5) is 23.7. The number of rotatable bonds is 4. The highest BCUT2D eigenvalue weighted by Crippen LogP contribution is 2.44. The number of hydrogen-bond donors (Lipinski definition) is 0. The van der Waals surface area contributed by atoms with Crippen LogP contribution in [0.2, 0.25) is 0 Å². The zero-order chi connectivity index (χ0) is 24.6. The van der Waals surface area contributed by atoms with Gasteiger partial charge in [-0.3, -0.25) is 9.69 Å². The van der Waals surface area contributed by atoms with Crippen LogP contribution in [0, 0.1) is 6.92 Å². The number of fused-ring (bicyclic) bond motifs is 1. The van der Waals surface area contributed by atoms with Crippen molar-refractivity contribution >= 4 is 33.1 Å². The molecule has 0 saturated carbocycles. The van der Waals surface area contributed by atoms with Crippen LogP contribution in [0.1, 0.15) is 38.7 Å². The van der Waals surface area contributed by atoms with Crippen molar-refractivity contribution in [1.29, 1.82) is 0 Å². The molecular weight excluding hydrogens is 471 g/mol. The minimum absolute atomic E-state index is 0.0112. The van der Waals surface area contributed by atoms with Gasteiger partial charge in [-0.2, -0.15) is 13.2 Å². The second-order valence-corrected chi connectivity index (χ2v) is 9.13. The third kappa shape index (κ3) is 4.49. The maximum absolute atomic E-state index is 13.9. The van der Waals surface area contributed by atoms with Gasteiger partial charge in [-0.05, 0) is 18.6 Å². The lowest BCUT2D eigenvalue weighted by Crippen LogP contribution is -2.44. The Bertz CT molecular complexity index is 1360. The summed E-state index contributed by atoms with van der Waals surface area (Å²) in [5.74, 6) is -2.23. The number of nitrogens with zero attached hydrogens (tertiary/aromatic N) is 3. The molecule has 1 unspecified atom stereocenters. The first kappa shape index (κ1) is 23.0. The molecule has 8 heteroatoms. The SMILES string of the molecule is Cc1nc(N=C(c2ccccc2)c2ccccc2)sc1N1CC(C(F)(F)F)c2ccccc2C1=O. The van der Waals surface area contributed by atoms with E-state index in [0.29, 0.717) is 21.5 Å². The summed E-state index contributed by atoms with van der Waals surface area (Å²) in [6.07, 6.45) is -4.48. The molecule has 3 aromatic carbocycles. The van der Waals surface area contributed by atoms with Crippen LogP contribution in [0.4, 0.5) is 23.3 Å². The van der Waals surface area contributed by atoms with Crippen LogP contribution in [-0.4, -0.2) is 29.3 Å². The standard InChI is InChI=1S/C27H20F3N3OS/c1-17-25(33-16-22(27(28,29)30)20-14-8-9-15-21(20)24(33)34)35-26(31-17)32-23(18-10-4-2-5-11-18)19-12-6-3-7-13-19/h2-15,22H,16H2,1H3. The van der Waals surface area contributed by atoms with Crippen molar-refractivity contribution in [2.75, 3.05) is 11.4 Å². The fourth-order valence-electron chi connectivity index (χ4n) is 4.22. The summed E-state index contributed by atoms with van der Waals surface area (Å²) in [5.41, 5.74) is 2.99. The molecule has 0 N–H and O–H groups in total. The summed E-state index contributed by atoms with van der Waals surface area (Å²) in [6, 6.07) is 25.1. The molecule has 0 bridgehead atoms. The van der Waals surface area contributed by atoms with Crippen molar-refractivity contribution in [3.8, 4) is 0 Å². The Morgan fingerprint density at radius 2 is 1.51 bits per heavy atom. The van der Waals surface area contributed by atoms with Gasteiger partial charge in [0.15, 0.2) is 0 Å². The van der Waals surface area contributed by atoms with Crippen LogP contribution in [0.25, 0.3) is 0 Å². The quantitative estimate of drug-likeness (QED) is 0.291. The van der Waals surface area contributed by atoms with Crippen LogP contribution in [0.5, 0.6) is 0 Å². The van der Waals surface area contributed by atoms with E-state index in [4.69, 9.17) is 4.99 Å². The van der Waals surface area contributed by atoms with E-state index >= 15 is 0 Å². The number of carbonyl (C=O) groups is 1. The number of halogens is 3. The van der Waals surface area contributed by atoms with Gasteiger partial charge >= 0.3 is 6.18 Å². The molecule has 0 saturated heterocycles. The third-order valence-corrected chi connectivity index (χ3v) is 6.95. The number of thiazole rings is 1. The molecule has 0 spiro atoms. The summed E-state index contributed by atoms with van der Waals surface area (Å²) >= 11 is 1.11. The van der Waals surface area contributed by atoms with E-state index < -0.39 is 24.5 Å². The Hall–Kier alpha value is -3.78. The molecule has 1 atom stereocenters. The maximum Gasteiger partial charge on any atom is 0.397 e. The minimum Gasteiger partial charge on any atom is -0.297 e. The highest BCUT2D eigenvalue weighted by Gasteiger charge is 2.47. The Labute approximate surface area is 204 Å². The van der Waals surface area contributed by atoms with Gasteiger partial charge < -0.3 is 0 Å². The lowest BCUT2D eigenvalue weighted by atomic mass is 9.89. The number of anilines is 1. The molecule has 176 valence electrons. The van der Waals surface area contributed by atoms with Gasteiger partial charge in [-0.25, -0.2) is 9.98 Å². The molecule has 0 aliphatic carbocycles. The molecule has 5 rings (SSSR count). The number of hydrogen-bond acceptors (Lipinski definition) is 4. The zero-order valence-corrected chi connectivity index (χ0v) is 19.5. The van der Waals surface area contributed by atoms with E-state index in [9.17, 15) is 18.0 Å². The molecule has 1 aromatic heterocycles. The average Bonchev–Trinajstić information content (AvgIpc) is 3.23. The lowest BCUT2D eigenvalue weighted by molar-refractivity contribution is -0.148. The van der Waals surface area contributed by atoms with Crippen molar-refractivity contribution < 1.29 is 18.0 Å². The number of aromatic nitrogens is 1. The molecule has 2 heterocycles. The maximum atomic E-state index is 13.9. The fraction of sp³-hybridized carbons (Fsp3) is 0.148. The number of benzene rings is 3. The van der Waals surface area contributed by atoms with Crippen LogP contribution in [0.3, 0.4) is 0 Å². The van der Waals surface area contributed by atoms with E-state index in [0.717, 1.165) is 22.5 Å². The van der Waals surface area contributed by atoms with Crippen molar-refractivity contribution in [1.82, 2.24) is 4.98 Å². The van der Waals surface area contributed by atoms with Gasteiger partial charge in [0.1, 0.15) is 5.00 Å². The normalized spacial score (nSPS) is 15.6. The number of aliphatic imine (C=N–C) groups is 1. The van der Waals surface area contributed by atoms with Gasteiger partial charge in [0.05, 0.1) is 17.3 Å². The largest absolute Gasteiger partial charge is 0.397 e. The molecule has 0 fully saturated rings. The van der Waals surface area contributed by atoms with E-state index in [1.807, 2.05) is 60.7 Å². The Kier molecular flexibility index (Phi) is 5.98. The van der Waals surface area contributed by atoms with Crippen LogP contribution in [-0.2, 0) is 0 Å². The first-order valence-corrected chi connectivity index (χ1v) is 11.8. The first-order chi connectivity index (χ1) is 16.8. The Morgan fingerprint density at radius 1 is 0.943 bits per heavy atom. The van der Waals surface area contributed by atoms with Crippen molar-refractivity contribution in [2.24, 2.45) is 4.99 Å². The average molecular weight is 492 g/mol. The predicted molar refractivity (Wildman–Crippen MR) is 132 cm³/mol. The van der Waals surface area contributed by atoms with Gasteiger partial charge in [0.2, 0.25) is 5.13 Å². The molecule has 4 nitrogen and oxygen atoms in total. The monoisotopic (exact) mass is 491 g/mol. The summed E-state index contributed by atoms with van der Waals surface area (Å²) < 4.78 is 41.8. The lowest BCUT2D eigenvalue weighted by Gasteiger charge is -2.34. The summed E-state index contributed by atoms with van der Waals surface area (Å²) in [5, 5.41) is 0.744. The summed E-state index contributed by atoms with van der Waals surface area (Å²) in [6.45, 7) is 1.20. The summed E-state index contributed by atoms with van der Waals surface area (Å²) in [7, 11) is 0. The van der Waals surface area contributed by atoms with Crippen LogP contribution < -0.4 is 4.90 Å². The number of alkyl halides is 3. The first-order valence-electron chi connectivity index (χ1n) is 11.0. The highest BCUT2D eigenvalue weighted by molar-refractivity contribution is 7.19. The smallest absolute Gasteiger partial charge is 0.297 e. The van der Waals surface area contributed by atoms with Gasteiger partial charge in [-0.15, -0.1) is 0 Å². The number of amides is 1. The Balaban J connectivity index is 1.58. The van der Waals surface area contributed by atoms with Crippen LogP contribution in [0.15, 0.2) is 89.9 Å². The zero-order valence-electron chi connectivity index (χ0n) is 18.7. The molecule has 35 heavy (non-hydrogen) atoms. The van der Waals surface area contributed by atoms with Gasteiger partial charge in [0.25, 0.3) is 5.91 Å². The number of aryl methyl sites for hydroxylation is 1. The highest BCUT2D eigenvalue weighted by atomic mass is 32.1. The topological polar surface area (TPSA) is 45.6 Å². The van der Waals surface area contributed by atoms with Crippen LogP contribution >= 0.6 is 11.3 Å². The van der Waals surface area contributed by atoms with Crippen molar-refractivity contribution in [2.45, 2.75) is 19.0 Å². The molecule has 4 aromatic rings. The second kappa shape index (κ2) is 9.11. The molecule has 0 radical (unpaired) electrons. The Morgan fingerprint density at radius 3 is 2.11 bits per heavy atom. The van der Waals surface area contributed by atoms with E-state index in [2.05, 4.69) is 4.98 Å². The molecule has 1 amide bonds.